The highest BCUT2D eigenvalue weighted by atomic mass is 32.2. The van der Waals surface area contributed by atoms with Gasteiger partial charge in [0, 0.05) is 12.6 Å². The van der Waals surface area contributed by atoms with Gasteiger partial charge in [-0.05, 0) is 47.8 Å². The van der Waals surface area contributed by atoms with Gasteiger partial charge in [-0.3, -0.25) is 0 Å². The first-order valence-corrected chi connectivity index (χ1v) is 8.88. The Labute approximate surface area is 127 Å². The van der Waals surface area contributed by atoms with Crippen molar-refractivity contribution < 1.29 is 5.11 Å². The third-order valence-electron chi connectivity index (χ3n) is 3.83. The van der Waals surface area contributed by atoms with E-state index >= 15 is 0 Å². The molecule has 0 bridgehead atoms. The van der Waals surface area contributed by atoms with Crippen molar-refractivity contribution in [2.45, 2.75) is 45.3 Å². The first kappa shape index (κ1) is 15.9. The summed E-state index contributed by atoms with van der Waals surface area (Å²) in [6, 6.07) is 9.03. The standard InChI is InChI=1S/C17H27NOS/c1-13(2)11-14-3-5-15(6-4-14)17(19)12-18-16-7-9-20-10-8-16/h3-6,13,16-19H,7-12H2,1-2H3. The fourth-order valence-corrected chi connectivity index (χ4v) is 3.75. The van der Waals surface area contributed by atoms with Crippen LogP contribution in [0.15, 0.2) is 24.3 Å². The quantitative estimate of drug-likeness (QED) is 0.843. The second-order valence-electron chi connectivity index (χ2n) is 6.15. The molecule has 112 valence electrons. The molecule has 1 saturated heterocycles. The zero-order chi connectivity index (χ0) is 14.4. The van der Waals surface area contributed by atoms with Crippen molar-refractivity contribution in [3.05, 3.63) is 35.4 Å². The van der Waals surface area contributed by atoms with E-state index in [4.69, 9.17) is 0 Å². The van der Waals surface area contributed by atoms with Crippen LogP contribution in [-0.2, 0) is 6.42 Å². The molecule has 0 spiro atoms. The van der Waals surface area contributed by atoms with Gasteiger partial charge in [0.2, 0.25) is 0 Å². The van der Waals surface area contributed by atoms with Crippen LogP contribution in [0.5, 0.6) is 0 Å². The molecule has 2 N–H and O–H groups in total. The minimum atomic E-state index is -0.391. The second-order valence-corrected chi connectivity index (χ2v) is 7.37. The molecule has 0 amide bonds. The van der Waals surface area contributed by atoms with Gasteiger partial charge >= 0.3 is 0 Å². The average molecular weight is 293 g/mol. The summed E-state index contributed by atoms with van der Waals surface area (Å²) in [6.45, 7) is 5.13. The minimum Gasteiger partial charge on any atom is -0.387 e. The fourth-order valence-electron chi connectivity index (χ4n) is 2.65. The van der Waals surface area contributed by atoms with Gasteiger partial charge in [0.25, 0.3) is 0 Å². The van der Waals surface area contributed by atoms with E-state index in [0.29, 0.717) is 18.5 Å². The molecular formula is C17H27NOS. The number of benzene rings is 1. The zero-order valence-corrected chi connectivity index (χ0v) is 13.5. The van der Waals surface area contributed by atoms with Gasteiger partial charge < -0.3 is 10.4 Å². The third-order valence-corrected chi connectivity index (χ3v) is 4.88. The first-order valence-electron chi connectivity index (χ1n) is 7.73. The van der Waals surface area contributed by atoms with Gasteiger partial charge in [-0.15, -0.1) is 0 Å². The average Bonchev–Trinajstić information content (AvgIpc) is 2.46. The maximum Gasteiger partial charge on any atom is 0.0914 e. The summed E-state index contributed by atoms with van der Waals surface area (Å²) in [5.74, 6) is 3.17. The Morgan fingerprint density at radius 2 is 1.85 bits per heavy atom. The Morgan fingerprint density at radius 1 is 1.20 bits per heavy atom. The molecule has 0 radical (unpaired) electrons. The van der Waals surface area contributed by atoms with Crippen molar-refractivity contribution in [1.82, 2.24) is 5.32 Å². The van der Waals surface area contributed by atoms with E-state index in [0.717, 1.165) is 12.0 Å². The van der Waals surface area contributed by atoms with Crippen molar-refractivity contribution in [3.63, 3.8) is 0 Å². The lowest BCUT2D eigenvalue weighted by Crippen LogP contribution is -2.35. The lowest BCUT2D eigenvalue weighted by Gasteiger charge is -2.24. The van der Waals surface area contributed by atoms with E-state index in [2.05, 4.69) is 43.4 Å². The van der Waals surface area contributed by atoms with Gasteiger partial charge in [-0.25, -0.2) is 0 Å². The maximum atomic E-state index is 10.3. The summed E-state index contributed by atoms with van der Waals surface area (Å²) in [4.78, 5) is 0. The lowest BCUT2D eigenvalue weighted by molar-refractivity contribution is 0.169. The third kappa shape index (κ3) is 5.12. The summed E-state index contributed by atoms with van der Waals surface area (Å²) in [5, 5.41) is 13.8. The number of nitrogens with one attached hydrogen (secondary N) is 1. The van der Waals surface area contributed by atoms with Gasteiger partial charge in [-0.2, -0.15) is 11.8 Å². The molecule has 0 aromatic heterocycles. The van der Waals surface area contributed by atoms with Crippen LogP contribution in [0.1, 0.15) is 43.9 Å². The van der Waals surface area contributed by atoms with E-state index < -0.39 is 6.10 Å². The van der Waals surface area contributed by atoms with E-state index in [1.807, 2.05) is 11.8 Å². The van der Waals surface area contributed by atoms with E-state index in [-0.39, 0.29) is 0 Å². The molecule has 1 fully saturated rings. The van der Waals surface area contributed by atoms with E-state index in [1.54, 1.807) is 0 Å². The largest absolute Gasteiger partial charge is 0.387 e. The molecule has 1 aromatic carbocycles. The first-order chi connectivity index (χ1) is 9.65. The van der Waals surface area contributed by atoms with Crippen LogP contribution >= 0.6 is 11.8 Å². The van der Waals surface area contributed by atoms with Crippen LogP contribution < -0.4 is 5.32 Å². The number of thioether (sulfide) groups is 1. The number of hydrogen-bond acceptors (Lipinski definition) is 3. The van der Waals surface area contributed by atoms with Gasteiger partial charge in [0.15, 0.2) is 0 Å². The van der Waals surface area contributed by atoms with Crippen LogP contribution in [0.25, 0.3) is 0 Å². The summed E-state index contributed by atoms with van der Waals surface area (Å²) in [7, 11) is 0. The normalized spacial score (nSPS) is 18.4. The molecule has 2 rings (SSSR count). The molecule has 0 saturated carbocycles. The predicted octanol–water partition coefficient (Wildman–Crippen LogP) is 3.40. The molecule has 1 heterocycles. The molecule has 20 heavy (non-hydrogen) atoms. The Kier molecular flexibility index (Phi) is 6.40. The highest BCUT2D eigenvalue weighted by molar-refractivity contribution is 7.99. The van der Waals surface area contributed by atoms with Crippen LogP contribution in [0.4, 0.5) is 0 Å². The smallest absolute Gasteiger partial charge is 0.0914 e. The molecule has 0 aliphatic carbocycles. The van der Waals surface area contributed by atoms with E-state index in [9.17, 15) is 5.11 Å². The van der Waals surface area contributed by atoms with Crippen LogP contribution in [0, 0.1) is 5.92 Å². The molecule has 2 nitrogen and oxygen atoms in total. The number of rotatable bonds is 6. The van der Waals surface area contributed by atoms with Gasteiger partial charge in [0.05, 0.1) is 6.10 Å². The second kappa shape index (κ2) is 8.06. The topological polar surface area (TPSA) is 32.3 Å². The highest BCUT2D eigenvalue weighted by Gasteiger charge is 2.15. The number of aliphatic hydroxyl groups is 1. The van der Waals surface area contributed by atoms with Gasteiger partial charge in [-0.1, -0.05) is 38.1 Å². The molecule has 1 unspecified atom stereocenters. The number of hydrogen-bond donors (Lipinski definition) is 2. The van der Waals surface area contributed by atoms with Crippen LogP contribution in [0.3, 0.4) is 0 Å². The lowest BCUT2D eigenvalue weighted by atomic mass is 10.00. The van der Waals surface area contributed by atoms with Crippen LogP contribution in [0.2, 0.25) is 0 Å². The van der Waals surface area contributed by atoms with Gasteiger partial charge in [0.1, 0.15) is 0 Å². The molecule has 1 aromatic rings. The fraction of sp³-hybridized carbons (Fsp3) is 0.647. The van der Waals surface area contributed by atoms with Crippen molar-refractivity contribution in [1.29, 1.82) is 0 Å². The molecule has 1 aliphatic rings. The summed E-state index contributed by atoms with van der Waals surface area (Å²) in [6.07, 6.45) is 3.17. The predicted molar refractivity (Wildman–Crippen MR) is 88.3 cm³/mol. The Morgan fingerprint density at radius 3 is 2.45 bits per heavy atom. The molecule has 1 atom stereocenters. The molecular weight excluding hydrogens is 266 g/mol. The minimum absolute atomic E-state index is 0.391. The van der Waals surface area contributed by atoms with Crippen molar-refractivity contribution in [2.75, 3.05) is 18.1 Å². The maximum absolute atomic E-state index is 10.3. The zero-order valence-electron chi connectivity index (χ0n) is 12.6. The summed E-state index contributed by atoms with van der Waals surface area (Å²) >= 11 is 2.03. The summed E-state index contributed by atoms with van der Waals surface area (Å²) < 4.78 is 0. The van der Waals surface area contributed by atoms with Crippen molar-refractivity contribution in [3.8, 4) is 0 Å². The highest BCUT2D eigenvalue weighted by Crippen LogP contribution is 2.19. The molecule has 3 heteroatoms. The van der Waals surface area contributed by atoms with Crippen molar-refractivity contribution in [2.24, 2.45) is 5.92 Å². The van der Waals surface area contributed by atoms with Crippen molar-refractivity contribution >= 4 is 11.8 Å². The van der Waals surface area contributed by atoms with E-state index in [1.165, 1.54) is 29.9 Å². The Bertz CT molecular complexity index is 384. The SMILES string of the molecule is CC(C)Cc1ccc(C(O)CNC2CCSCC2)cc1. The monoisotopic (exact) mass is 293 g/mol. The number of aliphatic hydroxyl groups excluding tert-OH is 1. The summed E-state index contributed by atoms with van der Waals surface area (Å²) in [5.41, 5.74) is 2.38. The molecule has 1 aliphatic heterocycles. The Hall–Kier alpha value is -0.510. The van der Waals surface area contributed by atoms with Crippen LogP contribution in [-0.4, -0.2) is 29.2 Å². The Balaban J connectivity index is 1.80.